The normalized spacial score (nSPS) is 10.9. The van der Waals surface area contributed by atoms with Crippen LogP contribution in [-0.4, -0.2) is 56.5 Å². The van der Waals surface area contributed by atoms with E-state index < -0.39 is 5.97 Å². The first-order chi connectivity index (χ1) is 27.9. The molecule has 0 spiro atoms. The van der Waals surface area contributed by atoms with Crippen molar-refractivity contribution in [2.75, 3.05) is 20.3 Å². The standard InChI is InChI=1S/C26H26N2O3.C21H24N2O3/c29-25(30)14-8-3-9-17-31-22-15-16-23-24(18-22)28(19-20-10-4-1-5-11-20)26(27-23)21-12-6-2-7-13-21;1-23-19-15-17(26-14-8-4-7-11-20(24)25-2)12-13-18(19)22-21(23)16-9-5-3-6-10-16/h1-2,4-7,10-13,15-16,18H,3,8-9,14,17,19H2,(H,29,30);3,5-6,9-10,12-13,15H,4,7-8,11,14H2,1-2H3. The number of hydrogen-bond donors (Lipinski definition) is 1. The number of imidazole rings is 2. The van der Waals surface area contributed by atoms with Crippen molar-refractivity contribution in [1.29, 1.82) is 0 Å². The Morgan fingerprint density at radius 3 is 1.68 bits per heavy atom. The first-order valence-electron chi connectivity index (χ1n) is 19.6. The molecule has 7 aromatic rings. The van der Waals surface area contributed by atoms with Crippen molar-refractivity contribution in [1.82, 2.24) is 19.1 Å². The van der Waals surface area contributed by atoms with Gasteiger partial charge in [-0.2, -0.15) is 0 Å². The molecule has 0 unspecified atom stereocenters. The number of carboxylic acids is 1. The molecule has 0 radical (unpaired) electrons. The molecule has 5 aromatic carbocycles. The number of aromatic nitrogens is 4. The number of carboxylic acid groups (broad SMARTS) is 1. The molecule has 2 aromatic heterocycles. The number of methoxy groups -OCH3 is 1. The number of benzene rings is 5. The lowest BCUT2D eigenvalue weighted by atomic mass is 10.2. The minimum atomic E-state index is -0.743. The van der Waals surface area contributed by atoms with Crippen molar-refractivity contribution in [2.45, 2.75) is 57.9 Å². The van der Waals surface area contributed by atoms with E-state index in [0.717, 1.165) is 95.0 Å². The summed E-state index contributed by atoms with van der Waals surface area (Å²) in [6.45, 7) is 1.93. The number of carbonyl (C=O) groups excluding carboxylic acids is 1. The fourth-order valence-corrected chi connectivity index (χ4v) is 6.62. The van der Waals surface area contributed by atoms with E-state index in [2.05, 4.69) is 68.5 Å². The summed E-state index contributed by atoms with van der Waals surface area (Å²) in [4.78, 5) is 31.3. The summed E-state index contributed by atoms with van der Waals surface area (Å²) >= 11 is 0. The number of nitrogens with zero attached hydrogens (tertiary/aromatic N) is 4. The molecule has 0 atom stereocenters. The average Bonchev–Trinajstić information content (AvgIpc) is 3.77. The van der Waals surface area contributed by atoms with Gasteiger partial charge < -0.3 is 28.5 Å². The number of rotatable bonds is 18. The predicted molar refractivity (Wildman–Crippen MR) is 224 cm³/mol. The summed E-state index contributed by atoms with van der Waals surface area (Å²) in [5.41, 5.74) is 7.36. The van der Waals surface area contributed by atoms with E-state index in [1.54, 1.807) is 0 Å². The van der Waals surface area contributed by atoms with Gasteiger partial charge in [0, 0.05) is 49.7 Å². The summed E-state index contributed by atoms with van der Waals surface area (Å²) in [5, 5.41) is 8.73. The number of hydrogen-bond acceptors (Lipinski definition) is 7. The van der Waals surface area contributed by atoms with E-state index in [1.165, 1.54) is 12.7 Å². The molecule has 0 bridgehead atoms. The zero-order valence-corrected chi connectivity index (χ0v) is 32.7. The van der Waals surface area contributed by atoms with Gasteiger partial charge >= 0.3 is 11.9 Å². The van der Waals surface area contributed by atoms with Gasteiger partial charge in [-0.25, -0.2) is 9.97 Å². The van der Waals surface area contributed by atoms with Crippen LogP contribution >= 0.6 is 0 Å². The molecule has 0 aliphatic rings. The molecule has 294 valence electrons. The van der Waals surface area contributed by atoms with Crippen molar-refractivity contribution in [3.63, 3.8) is 0 Å². The van der Waals surface area contributed by atoms with Crippen LogP contribution in [0.2, 0.25) is 0 Å². The van der Waals surface area contributed by atoms with Gasteiger partial charge in [0.05, 0.1) is 42.4 Å². The number of carbonyl (C=O) groups is 2. The zero-order valence-electron chi connectivity index (χ0n) is 32.7. The highest BCUT2D eigenvalue weighted by atomic mass is 16.5. The molecule has 10 heteroatoms. The molecule has 10 nitrogen and oxygen atoms in total. The van der Waals surface area contributed by atoms with Gasteiger partial charge in [-0.15, -0.1) is 0 Å². The largest absolute Gasteiger partial charge is 0.494 e. The number of fused-ring (bicyclic) bond motifs is 2. The molecule has 57 heavy (non-hydrogen) atoms. The summed E-state index contributed by atoms with van der Waals surface area (Å²) in [6.07, 6.45) is 5.74. The van der Waals surface area contributed by atoms with Crippen molar-refractivity contribution >= 4 is 34.0 Å². The lowest BCUT2D eigenvalue weighted by molar-refractivity contribution is -0.141. The van der Waals surface area contributed by atoms with Crippen LogP contribution in [0, 0.1) is 0 Å². The van der Waals surface area contributed by atoms with Crippen LogP contribution in [0.3, 0.4) is 0 Å². The van der Waals surface area contributed by atoms with Crippen LogP contribution < -0.4 is 9.47 Å². The molecular weight excluding hydrogens is 717 g/mol. The number of esters is 1. The zero-order chi connectivity index (χ0) is 39.8. The minimum absolute atomic E-state index is 0.151. The molecule has 1 N–H and O–H groups in total. The Kier molecular flexibility index (Phi) is 14.5. The van der Waals surface area contributed by atoms with Crippen LogP contribution in [0.15, 0.2) is 127 Å². The average molecular weight is 767 g/mol. The lowest BCUT2D eigenvalue weighted by Crippen LogP contribution is -2.03. The van der Waals surface area contributed by atoms with Gasteiger partial charge in [-0.1, -0.05) is 91.0 Å². The van der Waals surface area contributed by atoms with Gasteiger partial charge in [0.1, 0.15) is 23.1 Å². The first kappa shape index (κ1) is 40.2. The van der Waals surface area contributed by atoms with Crippen molar-refractivity contribution in [3.05, 3.63) is 133 Å². The Bertz CT molecular complexity index is 2340. The summed E-state index contributed by atoms with van der Waals surface area (Å²) in [5.74, 6) is 2.63. The highest BCUT2D eigenvalue weighted by Crippen LogP contribution is 2.29. The van der Waals surface area contributed by atoms with E-state index in [-0.39, 0.29) is 12.4 Å². The van der Waals surface area contributed by atoms with E-state index in [0.29, 0.717) is 26.1 Å². The molecule has 2 heterocycles. The summed E-state index contributed by atoms with van der Waals surface area (Å²) in [7, 11) is 3.44. The predicted octanol–water partition coefficient (Wildman–Crippen LogP) is 10.1. The molecule has 0 fully saturated rings. The molecule has 0 saturated carbocycles. The van der Waals surface area contributed by atoms with Crippen molar-refractivity contribution < 1.29 is 28.9 Å². The molecule has 0 amide bonds. The Balaban J connectivity index is 0.000000196. The number of ether oxygens (including phenoxy) is 3. The van der Waals surface area contributed by atoms with Crippen LogP contribution in [0.25, 0.3) is 44.8 Å². The maximum atomic E-state index is 11.1. The van der Waals surface area contributed by atoms with Crippen LogP contribution in [-0.2, 0) is 27.9 Å². The topological polar surface area (TPSA) is 118 Å². The monoisotopic (exact) mass is 766 g/mol. The van der Waals surface area contributed by atoms with Gasteiger partial charge in [0.2, 0.25) is 0 Å². The molecular formula is C47H50N4O6. The molecule has 0 aliphatic carbocycles. The summed E-state index contributed by atoms with van der Waals surface area (Å²) in [6, 6.07) is 42.8. The van der Waals surface area contributed by atoms with Gasteiger partial charge in [0.15, 0.2) is 0 Å². The van der Waals surface area contributed by atoms with Crippen LogP contribution in [0.4, 0.5) is 0 Å². The number of unbranched alkanes of at least 4 members (excludes halogenated alkanes) is 4. The second-order valence-corrected chi connectivity index (χ2v) is 13.8. The number of aryl methyl sites for hydroxylation is 1. The third-order valence-corrected chi connectivity index (χ3v) is 9.64. The number of aliphatic carboxylic acids is 1. The third-order valence-electron chi connectivity index (χ3n) is 9.64. The van der Waals surface area contributed by atoms with E-state index in [4.69, 9.17) is 24.5 Å². The Morgan fingerprint density at radius 1 is 0.596 bits per heavy atom. The van der Waals surface area contributed by atoms with Gasteiger partial charge in [-0.3, -0.25) is 9.59 Å². The third kappa shape index (κ3) is 11.3. The summed E-state index contributed by atoms with van der Waals surface area (Å²) < 4.78 is 20.8. The maximum absolute atomic E-state index is 11.1. The van der Waals surface area contributed by atoms with E-state index in [1.807, 2.05) is 79.8 Å². The molecule has 0 aliphatic heterocycles. The smallest absolute Gasteiger partial charge is 0.305 e. The maximum Gasteiger partial charge on any atom is 0.305 e. The Labute approximate surface area is 333 Å². The molecule has 0 saturated heterocycles. The van der Waals surface area contributed by atoms with Gasteiger partial charge in [-0.05, 0) is 68.4 Å². The fraction of sp³-hybridized carbons (Fsp3) is 0.277. The first-order valence-corrected chi connectivity index (χ1v) is 19.6. The SMILES string of the molecule is COC(=O)CCCCCOc1ccc2nc(-c3ccccc3)n(C)c2c1.O=C(O)CCCCCOc1ccc2nc(-c3ccccc3)n(Cc3ccccc3)c2c1. The minimum Gasteiger partial charge on any atom is -0.494 e. The highest BCUT2D eigenvalue weighted by molar-refractivity contribution is 5.83. The lowest BCUT2D eigenvalue weighted by Gasteiger charge is -2.11. The fourth-order valence-electron chi connectivity index (χ4n) is 6.62. The Morgan fingerprint density at radius 2 is 1.11 bits per heavy atom. The van der Waals surface area contributed by atoms with E-state index in [9.17, 15) is 9.59 Å². The quantitative estimate of drug-likeness (QED) is 0.0678. The van der Waals surface area contributed by atoms with Crippen molar-refractivity contribution in [3.8, 4) is 34.3 Å². The second kappa shape index (κ2) is 20.5. The van der Waals surface area contributed by atoms with Crippen LogP contribution in [0.5, 0.6) is 11.5 Å². The van der Waals surface area contributed by atoms with Crippen molar-refractivity contribution in [2.24, 2.45) is 7.05 Å². The Hall–Kier alpha value is -6.42. The molecule has 7 rings (SSSR count). The van der Waals surface area contributed by atoms with E-state index >= 15 is 0 Å². The van der Waals surface area contributed by atoms with Crippen LogP contribution in [0.1, 0.15) is 56.9 Å². The van der Waals surface area contributed by atoms with Gasteiger partial charge in [0.25, 0.3) is 0 Å². The highest BCUT2D eigenvalue weighted by Gasteiger charge is 2.15. The second-order valence-electron chi connectivity index (χ2n) is 13.8.